The second kappa shape index (κ2) is 5.97. The van der Waals surface area contributed by atoms with Crippen molar-refractivity contribution in [1.82, 2.24) is 0 Å². The van der Waals surface area contributed by atoms with Crippen LogP contribution < -0.4 is 11.1 Å². The molecule has 5 heteroatoms. The maximum Gasteiger partial charge on any atom is 0.257 e. The van der Waals surface area contributed by atoms with Crippen molar-refractivity contribution >= 4 is 49.1 Å². The van der Waals surface area contributed by atoms with Crippen LogP contribution in [-0.4, -0.2) is 5.91 Å². The monoisotopic (exact) mass is 396 g/mol. The van der Waals surface area contributed by atoms with Crippen LogP contribution >= 0.6 is 31.9 Å². The summed E-state index contributed by atoms with van der Waals surface area (Å²) in [5.41, 5.74) is 9.58. The Morgan fingerprint density at radius 2 is 1.65 bits per heavy atom. The van der Waals surface area contributed by atoms with Crippen molar-refractivity contribution in [3.63, 3.8) is 0 Å². The van der Waals surface area contributed by atoms with Gasteiger partial charge < -0.3 is 11.1 Å². The Kier molecular flexibility index (Phi) is 4.50. The van der Waals surface area contributed by atoms with E-state index in [9.17, 15) is 4.79 Å². The number of aryl methyl sites for hydroxylation is 2. The van der Waals surface area contributed by atoms with Crippen LogP contribution in [-0.2, 0) is 0 Å². The summed E-state index contributed by atoms with van der Waals surface area (Å²) in [6.07, 6.45) is 0. The fraction of sp³-hybridized carbons (Fsp3) is 0.133. The minimum atomic E-state index is -0.226. The molecule has 2 aromatic carbocycles. The van der Waals surface area contributed by atoms with E-state index in [4.69, 9.17) is 5.73 Å². The van der Waals surface area contributed by atoms with E-state index in [1.54, 1.807) is 12.1 Å². The summed E-state index contributed by atoms with van der Waals surface area (Å²) in [7, 11) is 0. The zero-order valence-corrected chi connectivity index (χ0v) is 14.3. The molecule has 0 saturated heterocycles. The first-order valence-corrected chi connectivity index (χ1v) is 7.60. The molecule has 3 N–H and O–H groups in total. The van der Waals surface area contributed by atoms with Crippen LogP contribution in [0.25, 0.3) is 0 Å². The maximum atomic E-state index is 12.3. The van der Waals surface area contributed by atoms with Crippen LogP contribution in [0.1, 0.15) is 21.5 Å². The van der Waals surface area contributed by atoms with E-state index in [1.165, 1.54) is 0 Å². The quantitative estimate of drug-likeness (QED) is 0.723. The van der Waals surface area contributed by atoms with Gasteiger partial charge in [0.1, 0.15) is 0 Å². The third-order valence-electron chi connectivity index (χ3n) is 2.88. The van der Waals surface area contributed by atoms with Crippen LogP contribution in [0.15, 0.2) is 39.3 Å². The summed E-state index contributed by atoms with van der Waals surface area (Å²) >= 11 is 6.91. The van der Waals surface area contributed by atoms with E-state index in [2.05, 4.69) is 37.2 Å². The largest absolute Gasteiger partial charge is 0.398 e. The number of anilines is 2. The number of rotatable bonds is 2. The molecule has 0 radical (unpaired) electrons. The Bertz CT molecular complexity index is 661. The van der Waals surface area contributed by atoms with Gasteiger partial charge in [0.15, 0.2) is 0 Å². The zero-order valence-electron chi connectivity index (χ0n) is 11.1. The molecule has 0 heterocycles. The summed E-state index contributed by atoms with van der Waals surface area (Å²) in [6.45, 7) is 3.91. The highest BCUT2D eigenvalue weighted by Gasteiger charge is 2.14. The van der Waals surface area contributed by atoms with Gasteiger partial charge in [0.05, 0.1) is 11.3 Å². The lowest BCUT2D eigenvalue weighted by Crippen LogP contribution is -2.15. The number of halogens is 2. The van der Waals surface area contributed by atoms with Gasteiger partial charge in [-0.25, -0.2) is 0 Å². The second-order valence-corrected chi connectivity index (χ2v) is 6.36. The van der Waals surface area contributed by atoms with Gasteiger partial charge in [-0.3, -0.25) is 4.79 Å². The highest BCUT2D eigenvalue weighted by molar-refractivity contribution is 9.11. The summed E-state index contributed by atoms with van der Waals surface area (Å²) in [4.78, 5) is 12.3. The van der Waals surface area contributed by atoms with Crippen molar-refractivity contribution in [3.8, 4) is 0 Å². The fourth-order valence-corrected chi connectivity index (χ4v) is 3.48. The number of nitrogen functional groups attached to an aromatic ring is 1. The summed E-state index contributed by atoms with van der Waals surface area (Å²) in [5.74, 6) is -0.226. The molecule has 3 nitrogen and oxygen atoms in total. The van der Waals surface area contributed by atoms with Gasteiger partial charge in [-0.2, -0.15) is 0 Å². The number of nitrogens with two attached hydrogens (primary N) is 1. The first kappa shape index (κ1) is 15.1. The van der Waals surface area contributed by atoms with E-state index >= 15 is 0 Å². The molecule has 0 spiro atoms. The molecule has 0 bridgehead atoms. The number of hydrogen-bond acceptors (Lipinski definition) is 2. The first-order chi connectivity index (χ1) is 9.38. The third kappa shape index (κ3) is 3.22. The van der Waals surface area contributed by atoms with Crippen molar-refractivity contribution in [2.45, 2.75) is 13.8 Å². The van der Waals surface area contributed by atoms with Crippen molar-refractivity contribution < 1.29 is 4.79 Å². The van der Waals surface area contributed by atoms with Gasteiger partial charge >= 0.3 is 0 Å². The molecular weight excluding hydrogens is 384 g/mol. The number of carbonyl (C=O) groups is 1. The lowest BCUT2D eigenvalue weighted by atomic mass is 10.1. The van der Waals surface area contributed by atoms with Crippen molar-refractivity contribution in [3.05, 3.63) is 56.0 Å². The summed E-state index contributed by atoms with van der Waals surface area (Å²) < 4.78 is 1.65. The van der Waals surface area contributed by atoms with E-state index in [1.807, 2.05) is 32.0 Å². The molecule has 20 heavy (non-hydrogen) atoms. The smallest absolute Gasteiger partial charge is 0.257 e. The predicted octanol–water partition coefficient (Wildman–Crippen LogP) is 4.66. The molecule has 0 aliphatic carbocycles. The van der Waals surface area contributed by atoms with Gasteiger partial charge in [-0.1, -0.05) is 11.6 Å². The second-order valence-electron chi connectivity index (χ2n) is 4.65. The van der Waals surface area contributed by atoms with Crippen LogP contribution in [0.4, 0.5) is 11.4 Å². The lowest BCUT2D eigenvalue weighted by molar-refractivity contribution is 0.102. The number of hydrogen-bond donors (Lipinski definition) is 2. The summed E-state index contributed by atoms with van der Waals surface area (Å²) in [5, 5.41) is 2.88. The molecule has 1 amide bonds. The van der Waals surface area contributed by atoms with Crippen LogP contribution in [0.5, 0.6) is 0 Å². The predicted molar refractivity (Wildman–Crippen MR) is 90.1 cm³/mol. The highest BCUT2D eigenvalue weighted by Crippen LogP contribution is 2.33. The van der Waals surface area contributed by atoms with Gasteiger partial charge in [0.2, 0.25) is 0 Å². The average molecular weight is 398 g/mol. The van der Waals surface area contributed by atoms with E-state index in [-0.39, 0.29) is 5.91 Å². The first-order valence-electron chi connectivity index (χ1n) is 6.01. The van der Waals surface area contributed by atoms with Gasteiger partial charge in [-0.05, 0) is 75.5 Å². The Balaban J connectivity index is 2.35. The topological polar surface area (TPSA) is 55.1 Å². The Morgan fingerprint density at radius 1 is 1.05 bits per heavy atom. The molecule has 104 valence electrons. The van der Waals surface area contributed by atoms with E-state index < -0.39 is 0 Å². The van der Waals surface area contributed by atoms with Crippen LogP contribution in [0, 0.1) is 13.8 Å². The Morgan fingerprint density at radius 3 is 2.25 bits per heavy atom. The molecule has 0 saturated carbocycles. The van der Waals surface area contributed by atoms with Gasteiger partial charge in [-0.15, -0.1) is 0 Å². The van der Waals surface area contributed by atoms with Gasteiger partial charge in [0.25, 0.3) is 5.91 Å². The minimum absolute atomic E-state index is 0.226. The highest BCUT2D eigenvalue weighted by atomic mass is 79.9. The average Bonchev–Trinajstić information content (AvgIpc) is 2.36. The van der Waals surface area contributed by atoms with Crippen molar-refractivity contribution in [1.29, 1.82) is 0 Å². The van der Waals surface area contributed by atoms with Gasteiger partial charge in [0, 0.05) is 14.6 Å². The molecule has 0 fully saturated rings. The zero-order chi connectivity index (χ0) is 14.9. The minimum Gasteiger partial charge on any atom is -0.398 e. The molecule has 0 aromatic heterocycles. The standard InChI is InChI=1S/C15H14Br2N2O/c1-8-3-4-13(18)10(5-8)15(20)19-14-11(16)6-9(2)7-12(14)17/h3-7H,18H2,1-2H3,(H,19,20). The third-order valence-corrected chi connectivity index (χ3v) is 4.13. The molecular formula is C15H14Br2N2O. The Labute approximate surface area is 134 Å². The lowest BCUT2D eigenvalue weighted by Gasteiger charge is -2.12. The number of nitrogens with one attached hydrogen (secondary N) is 1. The molecule has 0 atom stereocenters. The van der Waals surface area contributed by atoms with Crippen LogP contribution in [0.2, 0.25) is 0 Å². The van der Waals surface area contributed by atoms with E-state index in [0.29, 0.717) is 16.9 Å². The molecule has 0 aliphatic heterocycles. The molecule has 2 rings (SSSR count). The van der Waals surface area contributed by atoms with Crippen molar-refractivity contribution in [2.24, 2.45) is 0 Å². The maximum absolute atomic E-state index is 12.3. The number of carbonyl (C=O) groups excluding carboxylic acids is 1. The fourth-order valence-electron chi connectivity index (χ4n) is 1.87. The Hall–Kier alpha value is -1.33. The van der Waals surface area contributed by atoms with Crippen LogP contribution in [0.3, 0.4) is 0 Å². The summed E-state index contributed by atoms with van der Waals surface area (Å²) in [6, 6.07) is 9.29. The van der Waals surface area contributed by atoms with Crippen molar-refractivity contribution in [2.75, 3.05) is 11.1 Å². The molecule has 0 unspecified atom stereocenters. The normalized spacial score (nSPS) is 10.4. The number of amides is 1. The van der Waals surface area contributed by atoms with E-state index in [0.717, 1.165) is 20.1 Å². The molecule has 0 aliphatic rings. The number of benzene rings is 2. The SMILES string of the molecule is Cc1cc(Br)c(NC(=O)c2cc(C)ccc2N)c(Br)c1. The molecule has 2 aromatic rings.